The predicted molar refractivity (Wildman–Crippen MR) is 66.7 cm³/mol. The van der Waals surface area contributed by atoms with E-state index < -0.39 is 0 Å². The maximum absolute atomic E-state index is 11.9. The number of hydrogen-bond acceptors (Lipinski definition) is 4. The molecular formula is C13H10N2O4. The standard InChI is InChI=1S/C13H10N2O4/c16-6-9-1-3-10(14-9)13(17)15-8-2-4-11-12(5-8)19-7-18-11/h1-6,14H,7H2,(H,15,17). The Balaban J connectivity index is 1.77. The van der Waals surface area contributed by atoms with Crippen LogP contribution in [0.2, 0.25) is 0 Å². The minimum Gasteiger partial charge on any atom is -0.454 e. The maximum Gasteiger partial charge on any atom is 0.272 e. The second-order valence-corrected chi connectivity index (χ2v) is 3.97. The molecule has 0 unspecified atom stereocenters. The van der Waals surface area contributed by atoms with Crippen molar-refractivity contribution in [3.05, 3.63) is 41.7 Å². The summed E-state index contributed by atoms with van der Waals surface area (Å²) in [5.74, 6) is 0.922. The van der Waals surface area contributed by atoms with Crippen LogP contribution in [0.3, 0.4) is 0 Å². The highest BCUT2D eigenvalue weighted by Gasteiger charge is 2.15. The Hall–Kier alpha value is -2.76. The third-order valence-electron chi connectivity index (χ3n) is 2.71. The van der Waals surface area contributed by atoms with E-state index in [1.807, 2.05) is 0 Å². The first-order valence-electron chi connectivity index (χ1n) is 5.61. The van der Waals surface area contributed by atoms with Gasteiger partial charge in [0.2, 0.25) is 6.79 Å². The molecule has 2 aromatic rings. The highest BCUT2D eigenvalue weighted by Crippen LogP contribution is 2.34. The van der Waals surface area contributed by atoms with Gasteiger partial charge in [-0.1, -0.05) is 0 Å². The molecule has 0 aliphatic carbocycles. The van der Waals surface area contributed by atoms with Gasteiger partial charge in [-0.2, -0.15) is 0 Å². The van der Waals surface area contributed by atoms with Crippen LogP contribution in [0.4, 0.5) is 5.69 Å². The van der Waals surface area contributed by atoms with Gasteiger partial charge in [0.05, 0.1) is 5.69 Å². The van der Waals surface area contributed by atoms with E-state index in [0.29, 0.717) is 34.9 Å². The van der Waals surface area contributed by atoms with E-state index in [9.17, 15) is 9.59 Å². The summed E-state index contributed by atoms with van der Waals surface area (Å²) in [6.45, 7) is 0.187. The molecule has 0 saturated heterocycles. The highest BCUT2D eigenvalue weighted by molar-refractivity contribution is 6.03. The fraction of sp³-hybridized carbons (Fsp3) is 0.0769. The van der Waals surface area contributed by atoms with Crippen LogP contribution >= 0.6 is 0 Å². The fourth-order valence-corrected chi connectivity index (χ4v) is 1.79. The van der Waals surface area contributed by atoms with Gasteiger partial charge in [0.1, 0.15) is 5.69 Å². The molecule has 1 aromatic carbocycles. The van der Waals surface area contributed by atoms with Crippen molar-refractivity contribution < 1.29 is 19.1 Å². The van der Waals surface area contributed by atoms with E-state index in [2.05, 4.69) is 10.3 Å². The maximum atomic E-state index is 11.9. The number of fused-ring (bicyclic) bond motifs is 1. The van der Waals surface area contributed by atoms with Crippen LogP contribution in [-0.2, 0) is 0 Å². The monoisotopic (exact) mass is 258 g/mol. The minimum atomic E-state index is -0.327. The van der Waals surface area contributed by atoms with E-state index >= 15 is 0 Å². The fourth-order valence-electron chi connectivity index (χ4n) is 1.79. The Kier molecular flexibility index (Phi) is 2.68. The van der Waals surface area contributed by atoms with E-state index in [1.165, 1.54) is 0 Å². The molecule has 1 amide bonds. The van der Waals surface area contributed by atoms with Crippen molar-refractivity contribution in [3.63, 3.8) is 0 Å². The summed E-state index contributed by atoms with van der Waals surface area (Å²) in [4.78, 5) is 25.1. The number of H-pyrrole nitrogens is 1. The molecule has 0 fully saturated rings. The summed E-state index contributed by atoms with van der Waals surface area (Å²) >= 11 is 0. The average molecular weight is 258 g/mol. The molecule has 1 aromatic heterocycles. The molecule has 3 rings (SSSR count). The van der Waals surface area contributed by atoms with Crippen LogP contribution in [0.15, 0.2) is 30.3 Å². The topological polar surface area (TPSA) is 80.4 Å². The summed E-state index contributed by atoms with van der Waals surface area (Å²) < 4.78 is 10.4. The number of aromatic nitrogens is 1. The third kappa shape index (κ3) is 2.15. The van der Waals surface area contributed by atoms with Crippen molar-refractivity contribution in [2.45, 2.75) is 0 Å². The van der Waals surface area contributed by atoms with E-state index in [4.69, 9.17) is 9.47 Å². The zero-order chi connectivity index (χ0) is 13.2. The number of anilines is 1. The van der Waals surface area contributed by atoms with E-state index in [-0.39, 0.29) is 12.7 Å². The smallest absolute Gasteiger partial charge is 0.272 e. The Morgan fingerprint density at radius 2 is 2.05 bits per heavy atom. The molecule has 2 N–H and O–H groups in total. The first-order chi connectivity index (χ1) is 9.26. The molecule has 0 atom stereocenters. The van der Waals surface area contributed by atoms with Gasteiger partial charge >= 0.3 is 0 Å². The number of rotatable bonds is 3. The summed E-state index contributed by atoms with van der Waals surface area (Å²) in [7, 11) is 0. The second-order valence-electron chi connectivity index (χ2n) is 3.97. The summed E-state index contributed by atoms with van der Waals surface area (Å²) in [6, 6.07) is 8.22. The normalized spacial score (nSPS) is 12.2. The Bertz CT molecular complexity index is 648. The molecule has 0 bridgehead atoms. The molecule has 19 heavy (non-hydrogen) atoms. The Labute approximate surface area is 108 Å². The van der Waals surface area contributed by atoms with Gasteiger partial charge in [0, 0.05) is 11.8 Å². The lowest BCUT2D eigenvalue weighted by Crippen LogP contribution is -2.12. The first kappa shape index (κ1) is 11.3. The van der Waals surface area contributed by atoms with Crippen molar-refractivity contribution in [1.29, 1.82) is 0 Å². The SMILES string of the molecule is O=Cc1ccc(C(=O)Nc2ccc3c(c2)OCO3)[nH]1. The number of hydrogen-bond donors (Lipinski definition) is 2. The molecule has 0 radical (unpaired) electrons. The van der Waals surface area contributed by atoms with Gasteiger partial charge in [0.25, 0.3) is 5.91 Å². The zero-order valence-corrected chi connectivity index (χ0v) is 9.80. The Morgan fingerprint density at radius 1 is 1.21 bits per heavy atom. The molecule has 6 nitrogen and oxygen atoms in total. The van der Waals surface area contributed by atoms with Crippen molar-refractivity contribution in [3.8, 4) is 11.5 Å². The van der Waals surface area contributed by atoms with E-state index in [0.717, 1.165) is 0 Å². The number of carbonyl (C=O) groups is 2. The van der Waals surface area contributed by atoms with Crippen molar-refractivity contribution in [2.75, 3.05) is 12.1 Å². The van der Waals surface area contributed by atoms with Gasteiger partial charge in [-0.25, -0.2) is 0 Å². The van der Waals surface area contributed by atoms with Crippen LogP contribution < -0.4 is 14.8 Å². The Morgan fingerprint density at radius 3 is 2.84 bits per heavy atom. The third-order valence-corrected chi connectivity index (χ3v) is 2.71. The molecule has 1 aliphatic rings. The molecular weight excluding hydrogens is 248 g/mol. The number of nitrogens with one attached hydrogen (secondary N) is 2. The lowest BCUT2D eigenvalue weighted by Gasteiger charge is -2.04. The van der Waals surface area contributed by atoms with Crippen LogP contribution in [-0.4, -0.2) is 24.0 Å². The number of aldehydes is 1. The first-order valence-corrected chi connectivity index (χ1v) is 5.61. The number of ether oxygens (including phenoxy) is 2. The van der Waals surface area contributed by atoms with Crippen LogP contribution in [0.5, 0.6) is 11.5 Å². The number of benzene rings is 1. The molecule has 6 heteroatoms. The summed E-state index contributed by atoms with van der Waals surface area (Å²) in [6.07, 6.45) is 0.650. The van der Waals surface area contributed by atoms with Gasteiger partial charge in [-0.15, -0.1) is 0 Å². The number of amides is 1. The van der Waals surface area contributed by atoms with Gasteiger partial charge in [-0.05, 0) is 24.3 Å². The van der Waals surface area contributed by atoms with E-state index in [1.54, 1.807) is 30.3 Å². The quantitative estimate of drug-likeness (QED) is 0.823. The lowest BCUT2D eigenvalue weighted by atomic mass is 10.2. The predicted octanol–water partition coefficient (Wildman–Crippen LogP) is 1.81. The second kappa shape index (κ2) is 4.49. The molecule has 0 spiro atoms. The van der Waals surface area contributed by atoms with Crippen LogP contribution in [0.1, 0.15) is 21.0 Å². The van der Waals surface area contributed by atoms with Crippen molar-refractivity contribution in [2.24, 2.45) is 0 Å². The summed E-state index contributed by atoms with van der Waals surface area (Å²) in [5, 5.41) is 2.70. The summed E-state index contributed by atoms with van der Waals surface area (Å²) in [5.41, 5.74) is 1.27. The number of aromatic amines is 1. The largest absolute Gasteiger partial charge is 0.454 e. The van der Waals surface area contributed by atoms with Gasteiger partial charge in [0.15, 0.2) is 17.8 Å². The average Bonchev–Trinajstić information content (AvgIpc) is 3.06. The zero-order valence-electron chi connectivity index (χ0n) is 9.80. The van der Waals surface area contributed by atoms with Crippen molar-refractivity contribution >= 4 is 17.9 Å². The molecule has 0 saturated carbocycles. The molecule has 96 valence electrons. The molecule has 2 heterocycles. The minimum absolute atomic E-state index is 0.187. The van der Waals surface area contributed by atoms with Crippen LogP contribution in [0.25, 0.3) is 0 Å². The highest BCUT2D eigenvalue weighted by atomic mass is 16.7. The van der Waals surface area contributed by atoms with Gasteiger partial charge in [-0.3, -0.25) is 9.59 Å². The lowest BCUT2D eigenvalue weighted by molar-refractivity contribution is 0.102. The van der Waals surface area contributed by atoms with Crippen LogP contribution in [0, 0.1) is 0 Å². The van der Waals surface area contributed by atoms with Gasteiger partial charge < -0.3 is 19.8 Å². The molecule has 1 aliphatic heterocycles. The van der Waals surface area contributed by atoms with Crippen molar-refractivity contribution in [1.82, 2.24) is 4.98 Å². The number of carbonyl (C=O) groups excluding carboxylic acids is 2.